The second-order valence-electron chi connectivity index (χ2n) is 9.05. The molecular formula is C26H29N3O2S. The number of pyridine rings is 1. The smallest absolute Gasteiger partial charge is 0.166 e. The molecule has 5 nitrogen and oxygen atoms in total. The van der Waals surface area contributed by atoms with Crippen molar-refractivity contribution >= 4 is 17.2 Å². The molecule has 1 aliphatic heterocycles. The zero-order valence-electron chi connectivity index (χ0n) is 18.9. The van der Waals surface area contributed by atoms with Crippen LogP contribution in [0, 0.1) is 17.3 Å². The van der Waals surface area contributed by atoms with E-state index in [-0.39, 0.29) is 5.41 Å². The predicted molar refractivity (Wildman–Crippen MR) is 130 cm³/mol. The van der Waals surface area contributed by atoms with Crippen LogP contribution in [0.5, 0.6) is 5.75 Å². The van der Waals surface area contributed by atoms with Crippen LogP contribution < -0.4 is 10.5 Å². The summed E-state index contributed by atoms with van der Waals surface area (Å²) < 4.78 is 11.5. The van der Waals surface area contributed by atoms with Crippen molar-refractivity contribution in [1.29, 1.82) is 0 Å². The van der Waals surface area contributed by atoms with Gasteiger partial charge in [0.1, 0.15) is 6.61 Å². The Bertz CT molecular complexity index is 1130. The van der Waals surface area contributed by atoms with Crippen LogP contribution in [-0.2, 0) is 11.3 Å². The lowest BCUT2D eigenvalue weighted by Crippen LogP contribution is -2.13. The molecule has 0 radical (unpaired) electrons. The number of nitrogens with two attached hydrogens (primary N) is 1. The first kappa shape index (κ1) is 22.3. The second-order valence-corrected chi connectivity index (χ2v) is 10.1. The van der Waals surface area contributed by atoms with Gasteiger partial charge in [0.15, 0.2) is 11.6 Å². The fraction of sp³-hybridized carbons (Fsp3) is 0.385. The molecule has 0 saturated carbocycles. The van der Waals surface area contributed by atoms with Crippen LogP contribution in [0.3, 0.4) is 0 Å². The summed E-state index contributed by atoms with van der Waals surface area (Å²) in [6.07, 6.45) is 5.76. The largest absolute Gasteiger partial charge is 0.485 e. The van der Waals surface area contributed by atoms with Gasteiger partial charge in [-0.15, -0.1) is 11.3 Å². The predicted octanol–water partition coefficient (Wildman–Crippen LogP) is 5.66. The number of anilines is 1. The van der Waals surface area contributed by atoms with E-state index < -0.39 is 0 Å². The first-order valence-electron chi connectivity index (χ1n) is 10.9. The standard InChI is InChI=1S/C26H29N3O2S/c1-26(2,3)10-7-18-5-4-6-19(13-18)17-31-22-14-21(15-28-24(22)27)23-16-29-25(32-23)20-8-11-30-12-9-20/h4-6,13-16,20H,8-9,11-12,17H2,1-3H3,(H2,27,28). The van der Waals surface area contributed by atoms with Crippen molar-refractivity contribution < 1.29 is 9.47 Å². The molecule has 166 valence electrons. The van der Waals surface area contributed by atoms with E-state index in [4.69, 9.17) is 15.2 Å². The van der Waals surface area contributed by atoms with Gasteiger partial charge in [0.2, 0.25) is 0 Å². The SMILES string of the molecule is CC(C)(C)C#Cc1cccc(COc2cc(-c3cnc(C4CCOCC4)s3)cnc2N)c1. The highest BCUT2D eigenvalue weighted by Gasteiger charge is 2.20. The van der Waals surface area contributed by atoms with Crippen LogP contribution >= 0.6 is 11.3 Å². The maximum Gasteiger partial charge on any atom is 0.166 e. The van der Waals surface area contributed by atoms with Crippen molar-refractivity contribution in [2.45, 2.75) is 46.1 Å². The minimum Gasteiger partial charge on any atom is -0.485 e. The van der Waals surface area contributed by atoms with E-state index in [2.05, 4.69) is 48.6 Å². The maximum atomic E-state index is 6.09. The molecule has 3 aromatic rings. The zero-order valence-corrected chi connectivity index (χ0v) is 19.7. The van der Waals surface area contributed by atoms with Gasteiger partial charge in [-0.1, -0.05) is 24.0 Å². The molecule has 0 spiro atoms. The first-order chi connectivity index (χ1) is 15.4. The van der Waals surface area contributed by atoms with Gasteiger partial charge in [-0.05, 0) is 57.4 Å². The number of rotatable bonds is 5. The molecule has 0 aliphatic carbocycles. The highest BCUT2D eigenvalue weighted by Crippen LogP contribution is 2.36. The molecule has 32 heavy (non-hydrogen) atoms. The van der Waals surface area contributed by atoms with Crippen molar-refractivity contribution in [2.24, 2.45) is 5.41 Å². The highest BCUT2D eigenvalue weighted by molar-refractivity contribution is 7.15. The number of nitrogens with zero attached hydrogens (tertiary/aromatic N) is 2. The van der Waals surface area contributed by atoms with Gasteiger partial charge >= 0.3 is 0 Å². The van der Waals surface area contributed by atoms with E-state index in [1.165, 1.54) is 0 Å². The summed E-state index contributed by atoms with van der Waals surface area (Å²) in [6.45, 7) is 8.33. The van der Waals surface area contributed by atoms with Crippen LogP contribution in [-0.4, -0.2) is 23.2 Å². The van der Waals surface area contributed by atoms with Crippen molar-refractivity contribution in [1.82, 2.24) is 9.97 Å². The molecule has 2 aromatic heterocycles. The zero-order chi connectivity index (χ0) is 22.6. The van der Waals surface area contributed by atoms with Gasteiger partial charge in [0, 0.05) is 48.1 Å². The molecule has 0 atom stereocenters. The Morgan fingerprint density at radius 3 is 2.75 bits per heavy atom. The number of hydrogen-bond donors (Lipinski definition) is 1. The summed E-state index contributed by atoms with van der Waals surface area (Å²) in [5.41, 5.74) is 9.04. The molecular weight excluding hydrogens is 418 g/mol. The van der Waals surface area contributed by atoms with E-state index in [1.54, 1.807) is 17.5 Å². The van der Waals surface area contributed by atoms with Gasteiger partial charge in [0.25, 0.3) is 0 Å². The molecule has 0 amide bonds. The number of aromatic nitrogens is 2. The van der Waals surface area contributed by atoms with Crippen LogP contribution in [0.4, 0.5) is 5.82 Å². The minimum absolute atomic E-state index is 0.0334. The molecule has 4 rings (SSSR count). The Kier molecular flexibility index (Phi) is 6.78. The molecule has 2 N–H and O–H groups in total. The molecule has 6 heteroatoms. The fourth-order valence-electron chi connectivity index (χ4n) is 3.42. The molecule has 1 aliphatic rings. The third-order valence-corrected chi connectivity index (χ3v) is 6.37. The monoisotopic (exact) mass is 447 g/mol. The third kappa shape index (κ3) is 5.87. The van der Waals surface area contributed by atoms with Crippen LogP contribution in [0.1, 0.15) is 55.7 Å². The number of ether oxygens (including phenoxy) is 2. The van der Waals surface area contributed by atoms with E-state index in [0.717, 1.165) is 52.6 Å². The van der Waals surface area contributed by atoms with Crippen molar-refractivity contribution in [3.63, 3.8) is 0 Å². The van der Waals surface area contributed by atoms with Crippen molar-refractivity contribution in [2.75, 3.05) is 18.9 Å². The van der Waals surface area contributed by atoms with Crippen LogP contribution in [0.15, 0.2) is 42.7 Å². The lowest BCUT2D eigenvalue weighted by molar-refractivity contribution is 0.0853. The van der Waals surface area contributed by atoms with Crippen LogP contribution in [0.2, 0.25) is 0 Å². The van der Waals surface area contributed by atoms with E-state index >= 15 is 0 Å². The normalized spacial score (nSPS) is 14.6. The Labute approximate surface area is 194 Å². The average molecular weight is 448 g/mol. The molecule has 0 unspecified atom stereocenters. The Balaban J connectivity index is 1.47. The van der Waals surface area contributed by atoms with Crippen molar-refractivity contribution in [3.05, 3.63) is 58.9 Å². The summed E-state index contributed by atoms with van der Waals surface area (Å²) in [4.78, 5) is 10.1. The Hall–Kier alpha value is -2.88. The minimum atomic E-state index is -0.0334. The molecule has 0 bridgehead atoms. The molecule has 3 heterocycles. The quantitative estimate of drug-likeness (QED) is 0.511. The first-order valence-corrected chi connectivity index (χ1v) is 11.7. The molecule has 1 saturated heterocycles. The highest BCUT2D eigenvalue weighted by atomic mass is 32.1. The van der Waals surface area contributed by atoms with Crippen LogP contribution in [0.25, 0.3) is 10.4 Å². The number of nitrogen functional groups attached to an aromatic ring is 1. The molecule has 1 aromatic carbocycles. The van der Waals surface area contributed by atoms with Gasteiger partial charge < -0.3 is 15.2 Å². The van der Waals surface area contributed by atoms with Gasteiger partial charge in [-0.3, -0.25) is 0 Å². The van der Waals surface area contributed by atoms with E-state index in [1.807, 2.05) is 30.5 Å². The number of thiazole rings is 1. The summed E-state index contributed by atoms with van der Waals surface area (Å²) in [5, 5.41) is 1.16. The molecule has 1 fully saturated rings. The van der Waals surface area contributed by atoms with Gasteiger partial charge in [-0.25, -0.2) is 9.97 Å². The second kappa shape index (κ2) is 9.72. The Morgan fingerprint density at radius 2 is 1.97 bits per heavy atom. The van der Waals surface area contributed by atoms with Gasteiger partial charge in [0.05, 0.1) is 9.88 Å². The summed E-state index contributed by atoms with van der Waals surface area (Å²) in [6, 6.07) is 10.0. The fourth-order valence-corrected chi connectivity index (χ4v) is 4.49. The average Bonchev–Trinajstić information content (AvgIpc) is 3.28. The summed E-state index contributed by atoms with van der Waals surface area (Å²) in [5.74, 6) is 7.95. The lowest BCUT2D eigenvalue weighted by Gasteiger charge is -2.19. The lowest BCUT2D eigenvalue weighted by atomic mass is 9.97. The van der Waals surface area contributed by atoms with E-state index in [0.29, 0.717) is 24.1 Å². The Morgan fingerprint density at radius 1 is 1.16 bits per heavy atom. The van der Waals surface area contributed by atoms with Gasteiger partial charge in [-0.2, -0.15) is 0 Å². The van der Waals surface area contributed by atoms with Crippen molar-refractivity contribution in [3.8, 4) is 28.0 Å². The maximum absolute atomic E-state index is 6.09. The summed E-state index contributed by atoms with van der Waals surface area (Å²) >= 11 is 1.71. The number of benzene rings is 1. The third-order valence-electron chi connectivity index (χ3n) is 5.16. The number of hydrogen-bond acceptors (Lipinski definition) is 6. The summed E-state index contributed by atoms with van der Waals surface area (Å²) in [7, 11) is 0. The topological polar surface area (TPSA) is 70.3 Å². The van der Waals surface area contributed by atoms with E-state index in [9.17, 15) is 0 Å².